The van der Waals surface area contributed by atoms with Gasteiger partial charge in [-0.2, -0.15) is 5.10 Å². The van der Waals surface area contributed by atoms with Crippen LogP contribution in [0.3, 0.4) is 0 Å². The van der Waals surface area contributed by atoms with Crippen LogP contribution in [-0.4, -0.2) is 45.6 Å². The Balaban J connectivity index is 1.70. The van der Waals surface area contributed by atoms with Crippen molar-refractivity contribution in [2.24, 2.45) is 0 Å². The highest BCUT2D eigenvalue weighted by atomic mass is 19.1. The molecule has 6 nitrogen and oxygen atoms in total. The van der Waals surface area contributed by atoms with Crippen LogP contribution in [0.2, 0.25) is 0 Å². The quantitative estimate of drug-likeness (QED) is 0.885. The normalized spacial score (nSPS) is 18.4. The molecule has 1 aromatic heterocycles. The van der Waals surface area contributed by atoms with E-state index in [0.29, 0.717) is 31.8 Å². The summed E-state index contributed by atoms with van der Waals surface area (Å²) in [7, 11) is 0. The molecule has 0 saturated carbocycles. The molecule has 0 bridgehead atoms. The molecule has 0 spiro atoms. The van der Waals surface area contributed by atoms with Crippen molar-refractivity contribution in [3.8, 4) is 0 Å². The number of hydrogen-bond donors (Lipinski definition) is 2. The molecule has 1 atom stereocenters. The standard InChI is InChI=1S/C15H18FN5O/c16-12-3-1-2-11(8-12)13-9-17-6-7-21(13)15(22)5-4-14-18-10-19-20-14/h1-3,8,10,13,17H,4-7,9H2,(H,18,19,20). The van der Waals surface area contributed by atoms with Crippen LogP contribution in [-0.2, 0) is 11.2 Å². The number of carbonyl (C=O) groups is 1. The molecular formula is C15H18FN5O. The Hall–Kier alpha value is -2.28. The molecule has 1 aliphatic rings. The first-order valence-corrected chi connectivity index (χ1v) is 7.34. The molecule has 1 unspecified atom stereocenters. The monoisotopic (exact) mass is 303 g/mol. The number of nitrogens with one attached hydrogen (secondary N) is 2. The average Bonchev–Trinajstić information content (AvgIpc) is 3.06. The van der Waals surface area contributed by atoms with E-state index in [4.69, 9.17) is 0 Å². The molecule has 2 aromatic rings. The van der Waals surface area contributed by atoms with Gasteiger partial charge in [0.05, 0.1) is 6.04 Å². The number of carbonyl (C=O) groups excluding carboxylic acids is 1. The molecule has 2 N–H and O–H groups in total. The van der Waals surface area contributed by atoms with Gasteiger partial charge in [-0.05, 0) is 17.7 Å². The summed E-state index contributed by atoms with van der Waals surface area (Å²) < 4.78 is 13.4. The van der Waals surface area contributed by atoms with E-state index in [1.165, 1.54) is 18.5 Å². The number of halogens is 1. The van der Waals surface area contributed by atoms with Gasteiger partial charge in [-0.3, -0.25) is 9.89 Å². The summed E-state index contributed by atoms with van der Waals surface area (Å²) in [5, 5.41) is 9.79. The number of aromatic amines is 1. The van der Waals surface area contributed by atoms with Gasteiger partial charge in [0.2, 0.25) is 5.91 Å². The van der Waals surface area contributed by atoms with E-state index >= 15 is 0 Å². The first-order valence-electron chi connectivity index (χ1n) is 7.34. The topological polar surface area (TPSA) is 73.9 Å². The first-order chi connectivity index (χ1) is 10.7. The minimum atomic E-state index is -0.280. The van der Waals surface area contributed by atoms with Crippen molar-refractivity contribution in [3.05, 3.63) is 47.8 Å². The van der Waals surface area contributed by atoms with Gasteiger partial charge in [0, 0.05) is 32.5 Å². The van der Waals surface area contributed by atoms with Crippen LogP contribution in [0, 0.1) is 5.82 Å². The Morgan fingerprint density at radius 1 is 1.45 bits per heavy atom. The largest absolute Gasteiger partial charge is 0.333 e. The molecule has 1 fully saturated rings. The van der Waals surface area contributed by atoms with Gasteiger partial charge in [-0.25, -0.2) is 9.37 Å². The lowest BCUT2D eigenvalue weighted by molar-refractivity contribution is -0.134. The second-order valence-electron chi connectivity index (χ2n) is 5.29. The van der Waals surface area contributed by atoms with Gasteiger partial charge in [0.15, 0.2) is 0 Å². The van der Waals surface area contributed by atoms with Crippen LogP contribution in [0.15, 0.2) is 30.6 Å². The van der Waals surface area contributed by atoms with Crippen LogP contribution in [0.5, 0.6) is 0 Å². The summed E-state index contributed by atoms with van der Waals surface area (Å²) in [6.07, 6.45) is 2.32. The Labute approximate surface area is 127 Å². The molecule has 1 amide bonds. The molecule has 116 valence electrons. The zero-order valence-corrected chi connectivity index (χ0v) is 12.1. The smallest absolute Gasteiger partial charge is 0.223 e. The number of hydrogen-bond acceptors (Lipinski definition) is 4. The Bertz CT molecular complexity index is 631. The molecule has 3 rings (SSSR count). The third-order valence-corrected chi connectivity index (χ3v) is 3.84. The lowest BCUT2D eigenvalue weighted by Gasteiger charge is -2.36. The molecule has 0 aliphatic carbocycles. The predicted molar refractivity (Wildman–Crippen MR) is 78.4 cm³/mol. The van der Waals surface area contributed by atoms with Gasteiger partial charge < -0.3 is 10.2 Å². The third-order valence-electron chi connectivity index (χ3n) is 3.84. The lowest BCUT2D eigenvalue weighted by atomic mass is 10.0. The summed E-state index contributed by atoms with van der Waals surface area (Å²) in [6, 6.07) is 6.31. The fourth-order valence-electron chi connectivity index (χ4n) is 2.73. The molecular weight excluding hydrogens is 285 g/mol. The van der Waals surface area contributed by atoms with Gasteiger partial charge >= 0.3 is 0 Å². The second-order valence-corrected chi connectivity index (χ2v) is 5.29. The molecule has 0 radical (unpaired) electrons. The maximum Gasteiger partial charge on any atom is 0.223 e. The first kappa shape index (κ1) is 14.6. The van der Waals surface area contributed by atoms with Crippen LogP contribution in [0.1, 0.15) is 23.9 Å². The number of aromatic nitrogens is 3. The summed E-state index contributed by atoms with van der Waals surface area (Å²) in [4.78, 5) is 18.3. The van der Waals surface area contributed by atoms with Crippen molar-refractivity contribution in [2.45, 2.75) is 18.9 Å². The average molecular weight is 303 g/mol. The van der Waals surface area contributed by atoms with E-state index in [-0.39, 0.29) is 17.8 Å². The van der Waals surface area contributed by atoms with Crippen molar-refractivity contribution in [2.75, 3.05) is 19.6 Å². The van der Waals surface area contributed by atoms with Crippen molar-refractivity contribution in [1.29, 1.82) is 0 Å². The van der Waals surface area contributed by atoms with E-state index in [1.54, 1.807) is 6.07 Å². The van der Waals surface area contributed by atoms with Crippen LogP contribution < -0.4 is 5.32 Å². The Morgan fingerprint density at radius 2 is 2.36 bits per heavy atom. The minimum absolute atomic E-state index is 0.0483. The lowest BCUT2D eigenvalue weighted by Crippen LogP contribution is -2.48. The summed E-state index contributed by atoms with van der Waals surface area (Å²) in [5.74, 6) is 0.468. The molecule has 22 heavy (non-hydrogen) atoms. The van der Waals surface area contributed by atoms with Crippen LogP contribution >= 0.6 is 0 Å². The summed E-state index contributed by atoms with van der Waals surface area (Å²) in [6.45, 7) is 2.01. The number of aryl methyl sites for hydroxylation is 1. The Morgan fingerprint density at radius 3 is 3.14 bits per heavy atom. The van der Waals surface area contributed by atoms with Gasteiger partial charge in [-0.15, -0.1) is 0 Å². The zero-order valence-electron chi connectivity index (χ0n) is 12.1. The van der Waals surface area contributed by atoms with E-state index in [2.05, 4.69) is 20.5 Å². The number of nitrogens with zero attached hydrogens (tertiary/aromatic N) is 3. The van der Waals surface area contributed by atoms with Gasteiger partial charge in [-0.1, -0.05) is 12.1 Å². The third kappa shape index (κ3) is 3.30. The number of piperazine rings is 1. The zero-order chi connectivity index (χ0) is 15.4. The van der Waals surface area contributed by atoms with Crippen LogP contribution in [0.4, 0.5) is 4.39 Å². The molecule has 1 saturated heterocycles. The summed E-state index contributed by atoms with van der Waals surface area (Å²) >= 11 is 0. The van der Waals surface area contributed by atoms with E-state index in [9.17, 15) is 9.18 Å². The predicted octanol–water partition coefficient (Wildman–Crippen LogP) is 1.05. The molecule has 2 heterocycles. The number of amides is 1. The van der Waals surface area contributed by atoms with E-state index in [0.717, 1.165) is 12.1 Å². The number of H-pyrrole nitrogens is 1. The van der Waals surface area contributed by atoms with Crippen molar-refractivity contribution < 1.29 is 9.18 Å². The summed E-state index contributed by atoms with van der Waals surface area (Å²) in [5.41, 5.74) is 0.820. The highest BCUT2D eigenvalue weighted by Crippen LogP contribution is 2.23. The van der Waals surface area contributed by atoms with Crippen LogP contribution in [0.25, 0.3) is 0 Å². The number of rotatable bonds is 4. The molecule has 7 heteroatoms. The second kappa shape index (κ2) is 6.65. The maximum absolute atomic E-state index is 13.4. The van der Waals surface area contributed by atoms with E-state index in [1.807, 2.05) is 11.0 Å². The van der Waals surface area contributed by atoms with Crippen molar-refractivity contribution >= 4 is 5.91 Å². The van der Waals surface area contributed by atoms with E-state index < -0.39 is 0 Å². The number of benzene rings is 1. The van der Waals surface area contributed by atoms with Crippen molar-refractivity contribution in [3.63, 3.8) is 0 Å². The van der Waals surface area contributed by atoms with Gasteiger partial charge in [0.25, 0.3) is 0 Å². The van der Waals surface area contributed by atoms with Crippen molar-refractivity contribution in [1.82, 2.24) is 25.4 Å². The maximum atomic E-state index is 13.4. The molecule has 1 aromatic carbocycles. The Kier molecular flexibility index (Phi) is 4.43. The highest BCUT2D eigenvalue weighted by molar-refractivity contribution is 5.77. The minimum Gasteiger partial charge on any atom is -0.333 e. The van der Waals surface area contributed by atoms with Gasteiger partial charge in [0.1, 0.15) is 18.0 Å². The SMILES string of the molecule is O=C(CCc1ncn[nH]1)N1CCNCC1c1cccc(F)c1. The fourth-order valence-corrected chi connectivity index (χ4v) is 2.73. The fraction of sp³-hybridized carbons (Fsp3) is 0.400. The molecule has 1 aliphatic heterocycles. The highest BCUT2D eigenvalue weighted by Gasteiger charge is 2.27.